The van der Waals surface area contributed by atoms with E-state index in [2.05, 4.69) is 9.98 Å². The molecule has 1 aromatic carbocycles. The summed E-state index contributed by atoms with van der Waals surface area (Å²) in [5.41, 5.74) is 2.59. The van der Waals surface area contributed by atoms with Crippen molar-refractivity contribution >= 4 is 11.9 Å². The van der Waals surface area contributed by atoms with Crippen LogP contribution in [0.4, 0.5) is 10.1 Å². The van der Waals surface area contributed by atoms with E-state index in [9.17, 15) is 14.6 Å². The Labute approximate surface area is 116 Å². The Hall–Kier alpha value is -2.27. The van der Waals surface area contributed by atoms with Gasteiger partial charge in [-0.05, 0) is 31.5 Å². The maximum Gasteiger partial charge on any atom is 0.145 e. The first-order valence-corrected chi connectivity index (χ1v) is 6.11. The van der Waals surface area contributed by atoms with Crippen LogP contribution in [0.5, 0.6) is 5.75 Å². The van der Waals surface area contributed by atoms with E-state index in [0.29, 0.717) is 22.5 Å². The summed E-state index contributed by atoms with van der Waals surface area (Å²) < 4.78 is 13.2. The number of aromatic nitrogens is 1. The van der Waals surface area contributed by atoms with Crippen molar-refractivity contribution in [3.8, 4) is 5.75 Å². The predicted molar refractivity (Wildman–Crippen MR) is 75.0 cm³/mol. The van der Waals surface area contributed by atoms with Crippen molar-refractivity contribution in [2.45, 2.75) is 20.5 Å². The minimum absolute atomic E-state index is 0.0330. The number of aromatic hydroxyl groups is 1. The second kappa shape index (κ2) is 5.79. The summed E-state index contributed by atoms with van der Waals surface area (Å²) in [5, 5.41) is 19.2. The highest BCUT2D eigenvalue weighted by atomic mass is 19.1. The van der Waals surface area contributed by atoms with Gasteiger partial charge in [0.1, 0.15) is 11.6 Å². The van der Waals surface area contributed by atoms with E-state index in [4.69, 9.17) is 0 Å². The molecule has 2 rings (SSSR count). The summed E-state index contributed by atoms with van der Waals surface area (Å²) in [4.78, 5) is 8.15. The SMILES string of the molecule is Cc1ccc(F)cc1N=Cc1c(CO)cnc(C)c1O. The van der Waals surface area contributed by atoms with Crippen LogP contribution >= 0.6 is 0 Å². The lowest BCUT2D eigenvalue weighted by Gasteiger charge is -2.07. The van der Waals surface area contributed by atoms with Gasteiger partial charge >= 0.3 is 0 Å². The molecular formula is C15H15FN2O2. The molecule has 2 N–H and O–H groups in total. The van der Waals surface area contributed by atoms with Crippen LogP contribution in [0, 0.1) is 19.7 Å². The summed E-state index contributed by atoms with van der Waals surface area (Å²) in [5.74, 6) is -0.408. The number of rotatable bonds is 3. The molecule has 0 aliphatic rings. The number of aryl methyl sites for hydroxylation is 2. The fraction of sp³-hybridized carbons (Fsp3) is 0.200. The van der Waals surface area contributed by atoms with Crippen LogP contribution < -0.4 is 0 Å². The number of aliphatic hydroxyl groups excluding tert-OH is 1. The van der Waals surface area contributed by atoms with Crippen molar-refractivity contribution in [1.82, 2.24) is 4.98 Å². The first kappa shape index (κ1) is 14.1. The van der Waals surface area contributed by atoms with Crippen molar-refractivity contribution in [2.75, 3.05) is 0 Å². The molecule has 1 aromatic heterocycles. The Morgan fingerprint density at radius 1 is 1.35 bits per heavy atom. The van der Waals surface area contributed by atoms with Gasteiger partial charge in [-0.3, -0.25) is 9.98 Å². The summed E-state index contributed by atoms with van der Waals surface area (Å²) in [7, 11) is 0. The Morgan fingerprint density at radius 2 is 2.10 bits per heavy atom. The largest absolute Gasteiger partial charge is 0.505 e. The Balaban J connectivity index is 2.46. The number of hydrogen-bond donors (Lipinski definition) is 2. The van der Waals surface area contributed by atoms with Crippen LogP contribution in [0.2, 0.25) is 0 Å². The van der Waals surface area contributed by atoms with E-state index < -0.39 is 0 Å². The van der Waals surface area contributed by atoms with E-state index in [1.807, 2.05) is 6.92 Å². The lowest BCUT2D eigenvalue weighted by molar-refractivity contribution is 0.280. The van der Waals surface area contributed by atoms with E-state index in [1.165, 1.54) is 24.5 Å². The van der Waals surface area contributed by atoms with Crippen LogP contribution in [0.3, 0.4) is 0 Å². The number of aliphatic imine (C=N–C) groups is 1. The molecule has 2 aromatic rings. The molecule has 4 nitrogen and oxygen atoms in total. The standard InChI is InChI=1S/C15H15FN2O2/c1-9-3-4-12(16)5-14(9)18-7-13-11(8-19)6-17-10(2)15(13)20/h3-7,19-20H,8H2,1-2H3. The highest BCUT2D eigenvalue weighted by Gasteiger charge is 2.09. The van der Waals surface area contributed by atoms with Crippen LogP contribution in [0.25, 0.3) is 0 Å². The first-order valence-electron chi connectivity index (χ1n) is 6.11. The number of nitrogens with zero attached hydrogens (tertiary/aromatic N) is 2. The first-order chi connectivity index (χ1) is 9.52. The quantitative estimate of drug-likeness (QED) is 0.846. The molecule has 0 spiro atoms. The second-order valence-electron chi connectivity index (χ2n) is 4.48. The van der Waals surface area contributed by atoms with Gasteiger partial charge in [0.2, 0.25) is 0 Å². The number of aliphatic hydroxyl groups is 1. The molecule has 0 aliphatic heterocycles. The van der Waals surface area contributed by atoms with Crippen molar-refractivity contribution in [2.24, 2.45) is 4.99 Å². The molecular weight excluding hydrogens is 259 g/mol. The van der Waals surface area contributed by atoms with Crippen molar-refractivity contribution in [3.05, 3.63) is 52.6 Å². The van der Waals surface area contributed by atoms with E-state index in [1.54, 1.807) is 13.0 Å². The molecule has 104 valence electrons. The molecule has 20 heavy (non-hydrogen) atoms. The van der Waals surface area contributed by atoms with Gasteiger partial charge < -0.3 is 10.2 Å². The van der Waals surface area contributed by atoms with E-state index in [0.717, 1.165) is 5.56 Å². The Kier molecular flexibility index (Phi) is 4.10. The molecule has 0 radical (unpaired) electrons. The Morgan fingerprint density at radius 3 is 2.80 bits per heavy atom. The molecule has 0 unspecified atom stereocenters. The minimum Gasteiger partial charge on any atom is -0.505 e. The van der Waals surface area contributed by atoms with Crippen LogP contribution in [-0.4, -0.2) is 21.4 Å². The van der Waals surface area contributed by atoms with Gasteiger partial charge in [0.05, 0.1) is 18.0 Å². The van der Waals surface area contributed by atoms with Crippen LogP contribution in [-0.2, 0) is 6.61 Å². The van der Waals surface area contributed by atoms with Crippen molar-refractivity contribution in [3.63, 3.8) is 0 Å². The summed E-state index contributed by atoms with van der Waals surface area (Å²) >= 11 is 0. The normalized spacial score (nSPS) is 11.2. The fourth-order valence-electron chi connectivity index (χ4n) is 1.78. The molecule has 0 saturated carbocycles. The van der Waals surface area contributed by atoms with E-state index >= 15 is 0 Å². The van der Waals surface area contributed by atoms with Gasteiger partial charge in [0.25, 0.3) is 0 Å². The predicted octanol–water partition coefficient (Wildman–Crippen LogP) is 2.79. The maximum atomic E-state index is 13.2. The molecule has 1 heterocycles. The average molecular weight is 274 g/mol. The molecule has 0 saturated heterocycles. The zero-order valence-corrected chi connectivity index (χ0v) is 11.3. The third-order valence-corrected chi connectivity index (χ3v) is 3.03. The molecule has 0 bridgehead atoms. The van der Waals surface area contributed by atoms with Crippen LogP contribution in [0.15, 0.2) is 29.4 Å². The average Bonchev–Trinajstić information content (AvgIpc) is 2.44. The molecule has 0 amide bonds. The zero-order valence-electron chi connectivity index (χ0n) is 11.3. The fourth-order valence-corrected chi connectivity index (χ4v) is 1.78. The monoisotopic (exact) mass is 274 g/mol. The third-order valence-electron chi connectivity index (χ3n) is 3.03. The number of pyridine rings is 1. The van der Waals surface area contributed by atoms with Gasteiger partial charge in [-0.2, -0.15) is 0 Å². The molecule has 0 fully saturated rings. The molecule has 5 heteroatoms. The van der Waals surface area contributed by atoms with Gasteiger partial charge in [-0.1, -0.05) is 6.07 Å². The van der Waals surface area contributed by atoms with Gasteiger partial charge in [0.15, 0.2) is 0 Å². The number of benzene rings is 1. The minimum atomic E-state index is -0.375. The highest BCUT2D eigenvalue weighted by Crippen LogP contribution is 2.24. The highest BCUT2D eigenvalue weighted by molar-refractivity contribution is 5.87. The topological polar surface area (TPSA) is 65.7 Å². The second-order valence-corrected chi connectivity index (χ2v) is 4.48. The van der Waals surface area contributed by atoms with Gasteiger partial charge in [-0.15, -0.1) is 0 Å². The lowest BCUT2D eigenvalue weighted by Crippen LogP contribution is -1.97. The maximum absolute atomic E-state index is 13.2. The Bertz CT molecular complexity index is 669. The smallest absolute Gasteiger partial charge is 0.145 e. The summed E-state index contributed by atoms with van der Waals surface area (Å²) in [6.07, 6.45) is 2.90. The van der Waals surface area contributed by atoms with Gasteiger partial charge in [-0.25, -0.2) is 4.39 Å². The molecule has 0 atom stereocenters. The number of hydrogen-bond acceptors (Lipinski definition) is 4. The van der Waals surface area contributed by atoms with Crippen LogP contribution in [0.1, 0.15) is 22.4 Å². The summed E-state index contributed by atoms with van der Waals surface area (Å²) in [6.45, 7) is 3.21. The molecule has 0 aliphatic carbocycles. The van der Waals surface area contributed by atoms with E-state index in [-0.39, 0.29) is 18.2 Å². The third kappa shape index (κ3) is 2.83. The zero-order chi connectivity index (χ0) is 14.7. The van der Waals surface area contributed by atoms with Gasteiger partial charge in [0, 0.05) is 23.5 Å². The van der Waals surface area contributed by atoms with Crippen molar-refractivity contribution in [1.29, 1.82) is 0 Å². The van der Waals surface area contributed by atoms with Crippen molar-refractivity contribution < 1.29 is 14.6 Å². The number of halogens is 1. The lowest BCUT2D eigenvalue weighted by atomic mass is 10.1. The summed E-state index contributed by atoms with van der Waals surface area (Å²) in [6, 6.07) is 4.31.